The second kappa shape index (κ2) is 9.23. The van der Waals surface area contributed by atoms with Crippen LogP contribution >= 0.6 is 11.8 Å². The van der Waals surface area contributed by atoms with Crippen molar-refractivity contribution in [2.75, 3.05) is 28.2 Å². The van der Waals surface area contributed by atoms with Crippen LogP contribution in [0.25, 0.3) is 0 Å². The van der Waals surface area contributed by atoms with Gasteiger partial charge in [0, 0.05) is 12.2 Å². The third-order valence-electron chi connectivity index (χ3n) is 5.03. The van der Waals surface area contributed by atoms with E-state index >= 15 is 0 Å². The molecule has 0 radical (unpaired) electrons. The third-order valence-corrected chi connectivity index (χ3v) is 5.88. The molecule has 1 aromatic heterocycles. The molecule has 0 aliphatic carbocycles. The number of H-pyrrole nitrogens is 1. The minimum atomic E-state index is -0.818. The number of aromatic amines is 1. The van der Waals surface area contributed by atoms with E-state index in [9.17, 15) is 18.8 Å². The largest absolute Gasteiger partial charge is 0.382 e. The predicted octanol–water partition coefficient (Wildman–Crippen LogP) is 2.82. The van der Waals surface area contributed by atoms with Gasteiger partial charge in [-0.2, -0.15) is 0 Å². The van der Waals surface area contributed by atoms with Crippen LogP contribution in [0.4, 0.5) is 21.6 Å². The van der Waals surface area contributed by atoms with Gasteiger partial charge in [-0.25, -0.2) is 9.37 Å². The van der Waals surface area contributed by atoms with Crippen molar-refractivity contribution in [3.8, 4) is 0 Å². The van der Waals surface area contributed by atoms with Gasteiger partial charge in [-0.3, -0.25) is 19.4 Å². The molecule has 0 saturated carbocycles. The molecule has 2 aromatic carbocycles. The number of nitrogens with zero attached hydrogens (tertiary/aromatic N) is 2. The topological polar surface area (TPSA) is 121 Å². The van der Waals surface area contributed by atoms with E-state index in [2.05, 4.69) is 15.3 Å². The number of anilines is 3. The van der Waals surface area contributed by atoms with Crippen molar-refractivity contribution in [2.24, 2.45) is 0 Å². The Morgan fingerprint density at radius 2 is 1.94 bits per heavy atom. The number of para-hydroxylation sites is 1. The number of carbonyl (C=O) groups excluding carboxylic acids is 2. The van der Waals surface area contributed by atoms with Crippen LogP contribution < -0.4 is 21.5 Å². The number of thioether (sulfide) groups is 1. The maximum Gasteiger partial charge on any atom is 0.277 e. The Morgan fingerprint density at radius 3 is 2.72 bits per heavy atom. The van der Waals surface area contributed by atoms with Crippen LogP contribution in [-0.4, -0.2) is 34.1 Å². The van der Waals surface area contributed by atoms with Crippen molar-refractivity contribution in [1.82, 2.24) is 9.97 Å². The number of nitrogen functional groups attached to an aromatic ring is 1. The lowest BCUT2D eigenvalue weighted by atomic mass is 10.0. The van der Waals surface area contributed by atoms with E-state index in [-0.39, 0.29) is 33.9 Å². The van der Waals surface area contributed by atoms with Crippen molar-refractivity contribution >= 4 is 40.8 Å². The highest BCUT2D eigenvalue weighted by Crippen LogP contribution is 2.28. The minimum absolute atomic E-state index is 0.0532. The molecule has 2 heterocycles. The van der Waals surface area contributed by atoms with Gasteiger partial charge in [-0.15, -0.1) is 0 Å². The first-order valence-electron chi connectivity index (χ1n) is 9.91. The van der Waals surface area contributed by atoms with E-state index in [1.54, 1.807) is 4.90 Å². The Kier molecular flexibility index (Phi) is 6.22. The summed E-state index contributed by atoms with van der Waals surface area (Å²) in [5.41, 5.74) is 6.68. The maximum atomic E-state index is 13.8. The number of carbonyl (C=O) groups is 2. The lowest BCUT2D eigenvalue weighted by molar-refractivity contribution is -0.116. The van der Waals surface area contributed by atoms with Crippen molar-refractivity contribution < 1.29 is 14.0 Å². The molecule has 32 heavy (non-hydrogen) atoms. The van der Waals surface area contributed by atoms with E-state index in [0.29, 0.717) is 6.54 Å². The van der Waals surface area contributed by atoms with Crippen LogP contribution in [0, 0.1) is 5.82 Å². The van der Waals surface area contributed by atoms with Gasteiger partial charge >= 0.3 is 0 Å². The Morgan fingerprint density at radius 1 is 1.19 bits per heavy atom. The van der Waals surface area contributed by atoms with E-state index < -0.39 is 17.3 Å². The molecule has 4 rings (SSSR count). The van der Waals surface area contributed by atoms with Gasteiger partial charge in [0.05, 0.1) is 11.3 Å². The second-order valence-corrected chi connectivity index (χ2v) is 8.10. The van der Waals surface area contributed by atoms with Gasteiger partial charge in [0.2, 0.25) is 5.91 Å². The molecule has 0 saturated heterocycles. The quantitative estimate of drug-likeness (QED) is 0.404. The fourth-order valence-electron chi connectivity index (χ4n) is 3.49. The third kappa shape index (κ3) is 4.50. The first kappa shape index (κ1) is 21.6. The second-order valence-electron chi connectivity index (χ2n) is 7.13. The fourth-order valence-corrected chi connectivity index (χ4v) is 4.23. The lowest BCUT2D eigenvalue weighted by Crippen LogP contribution is -2.36. The van der Waals surface area contributed by atoms with Crippen molar-refractivity contribution in [1.29, 1.82) is 0 Å². The summed E-state index contributed by atoms with van der Waals surface area (Å²) in [6.45, 7) is 0.628. The molecule has 0 bridgehead atoms. The Bertz CT molecular complexity index is 1250. The van der Waals surface area contributed by atoms with Crippen molar-refractivity contribution in [3.63, 3.8) is 0 Å². The van der Waals surface area contributed by atoms with E-state index in [1.807, 2.05) is 24.3 Å². The molecule has 10 heteroatoms. The average Bonchev–Trinajstić information content (AvgIpc) is 2.79. The summed E-state index contributed by atoms with van der Waals surface area (Å²) in [6.07, 6.45) is 1.81. The molecular weight excluding hydrogens is 433 g/mol. The zero-order valence-electron chi connectivity index (χ0n) is 16.9. The maximum absolute atomic E-state index is 13.8. The molecule has 3 aromatic rings. The molecule has 2 amide bonds. The van der Waals surface area contributed by atoms with Crippen LogP contribution in [-0.2, 0) is 11.2 Å². The van der Waals surface area contributed by atoms with Gasteiger partial charge in [-0.1, -0.05) is 42.1 Å². The van der Waals surface area contributed by atoms with Crippen LogP contribution in [0.1, 0.15) is 22.3 Å². The van der Waals surface area contributed by atoms with E-state index in [1.165, 1.54) is 18.2 Å². The SMILES string of the molecule is Nc1nc(SCC(=O)N2CCCc3ccccc32)[nH]c(=O)c1NC(=O)c1ccccc1F. The van der Waals surface area contributed by atoms with E-state index in [0.717, 1.165) is 41.9 Å². The highest BCUT2D eigenvalue weighted by atomic mass is 32.2. The summed E-state index contributed by atoms with van der Waals surface area (Å²) in [5.74, 6) is -1.83. The summed E-state index contributed by atoms with van der Waals surface area (Å²) in [4.78, 5) is 45.8. The summed E-state index contributed by atoms with van der Waals surface area (Å²) in [5, 5.41) is 2.44. The smallest absolute Gasteiger partial charge is 0.277 e. The number of hydrogen-bond donors (Lipinski definition) is 3. The van der Waals surface area contributed by atoms with Crippen molar-refractivity contribution in [2.45, 2.75) is 18.0 Å². The van der Waals surface area contributed by atoms with Crippen LogP contribution in [0.5, 0.6) is 0 Å². The zero-order chi connectivity index (χ0) is 22.7. The van der Waals surface area contributed by atoms with Crippen LogP contribution in [0.15, 0.2) is 58.5 Å². The van der Waals surface area contributed by atoms with Gasteiger partial charge < -0.3 is 16.0 Å². The zero-order valence-corrected chi connectivity index (χ0v) is 17.7. The Hall–Kier alpha value is -3.66. The number of fused-ring (bicyclic) bond motifs is 1. The van der Waals surface area contributed by atoms with Gasteiger partial charge in [-0.05, 0) is 36.6 Å². The van der Waals surface area contributed by atoms with Crippen LogP contribution in [0.3, 0.4) is 0 Å². The predicted molar refractivity (Wildman–Crippen MR) is 121 cm³/mol. The van der Waals surface area contributed by atoms with Crippen LogP contribution in [0.2, 0.25) is 0 Å². The number of halogens is 1. The standard InChI is InChI=1S/C22H20FN5O3S/c23-15-9-3-2-8-14(15)20(30)25-18-19(24)26-22(27-21(18)31)32-12-17(29)28-11-5-7-13-6-1-4-10-16(13)28/h1-4,6,8-10H,5,7,11-12H2,(H,25,30)(H3,24,26,27,31). The summed E-state index contributed by atoms with van der Waals surface area (Å²) in [7, 11) is 0. The summed E-state index contributed by atoms with van der Waals surface area (Å²) < 4.78 is 13.8. The number of nitrogens with one attached hydrogen (secondary N) is 2. The lowest BCUT2D eigenvalue weighted by Gasteiger charge is -2.29. The summed E-state index contributed by atoms with van der Waals surface area (Å²) in [6, 6.07) is 13.1. The number of aryl methyl sites for hydroxylation is 1. The first-order chi connectivity index (χ1) is 15.4. The minimum Gasteiger partial charge on any atom is -0.382 e. The number of benzene rings is 2. The Balaban J connectivity index is 1.45. The molecule has 164 valence electrons. The molecule has 0 spiro atoms. The molecule has 1 aliphatic heterocycles. The summed E-state index contributed by atoms with van der Waals surface area (Å²) >= 11 is 1.04. The van der Waals surface area contributed by atoms with E-state index in [4.69, 9.17) is 5.73 Å². The molecule has 4 N–H and O–H groups in total. The molecule has 1 aliphatic rings. The molecule has 0 fully saturated rings. The fraction of sp³-hybridized carbons (Fsp3) is 0.182. The highest BCUT2D eigenvalue weighted by Gasteiger charge is 2.23. The normalized spacial score (nSPS) is 12.8. The van der Waals surface area contributed by atoms with Gasteiger partial charge in [0.1, 0.15) is 11.5 Å². The number of aromatic nitrogens is 2. The average molecular weight is 453 g/mol. The van der Waals surface area contributed by atoms with Gasteiger partial charge in [0.15, 0.2) is 11.0 Å². The molecular formula is C22H20FN5O3S. The number of nitrogens with two attached hydrogens (primary N) is 1. The monoisotopic (exact) mass is 453 g/mol. The highest BCUT2D eigenvalue weighted by molar-refractivity contribution is 7.99. The number of hydrogen-bond acceptors (Lipinski definition) is 6. The number of amides is 2. The Labute approximate surface area is 187 Å². The molecule has 8 nitrogen and oxygen atoms in total. The molecule has 0 unspecified atom stereocenters. The van der Waals surface area contributed by atoms with Gasteiger partial charge in [0.25, 0.3) is 11.5 Å². The molecule has 0 atom stereocenters. The first-order valence-corrected chi connectivity index (χ1v) is 10.9. The van der Waals surface area contributed by atoms with Crippen molar-refractivity contribution in [3.05, 3.63) is 75.8 Å². The number of rotatable bonds is 5.